The van der Waals surface area contributed by atoms with Gasteiger partial charge in [-0.05, 0) is 29.8 Å². The van der Waals surface area contributed by atoms with E-state index in [1.54, 1.807) is 6.20 Å². The van der Waals surface area contributed by atoms with Gasteiger partial charge in [-0.1, -0.05) is 31.2 Å². The maximum absolute atomic E-state index is 5.25. The second-order valence-electron chi connectivity index (χ2n) is 2.45. The van der Waals surface area contributed by atoms with Gasteiger partial charge in [0.15, 0.2) is 0 Å². The van der Waals surface area contributed by atoms with Crippen molar-refractivity contribution in [1.29, 1.82) is 0 Å². The standard InChI is InChI=1S/C10H13N/c1-2-9-3-5-10(6-4-9)7-8-11/h3-8H,2,11H2,1H3/b8-7+. The van der Waals surface area contributed by atoms with Crippen LogP contribution >= 0.6 is 0 Å². The number of rotatable bonds is 2. The summed E-state index contributed by atoms with van der Waals surface area (Å²) in [5.41, 5.74) is 7.77. The fourth-order valence-electron chi connectivity index (χ4n) is 0.976. The summed E-state index contributed by atoms with van der Waals surface area (Å²) in [4.78, 5) is 0. The molecule has 0 aromatic heterocycles. The van der Waals surface area contributed by atoms with Gasteiger partial charge >= 0.3 is 0 Å². The largest absolute Gasteiger partial charge is 0.405 e. The van der Waals surface area contributed by atoms with Crippen LogP contribution in [0.15, 0.2) is 30.5 Å². The maximum atomic E-state index is 5.25. The molecule has 0 aliphatic rings. The van der Waals surface area contributed by atoms with Crippen LogP contribution in [0.5, 0.6) is 0 Å². The molecule has 0 aliphatic carbocycles. The first-order valence-corrected chi connectivity index (χ1v) is 3.84. The highest BCUT2D eigenvalue weighted by atomic mass is 14.5. The Kier molecular flexibility index (Phi) is 2.73. The van der Waals surface area contributed by atoms with Crippen molar-refractivity contribution < 1.29 is 0 Å². The van der Waals surface area contributed by atoms with Gasteiger partial charge in [-0.25, -0.2) is 0 Å². The minimum atomic E-state index is 1.09. The van der Waals surface area contributed by atoms with Crippen LogP contribution in [-0.2, 0) is 6.42 Å². The van der Waals surface area contributed by atoms with Crippen molar-refractivity contribution in [1.82, 2.24) is 0 Å². The van der Waals surface area contributed by atoms with Crippen LogP contribution in [0.1, 0.15) is 18.1 Å². The van der Waals surface area contributed by atoms with Crippen molar-refractivity contribution in [2.24, 2.45) is 5.73 Å². The highest BCUT2D eigenvalue weighted by molar-refractivity contribution is 5.48. The Bertz CT molecular complexity index is 234. The third kappa shape index (κ3) is 2.11. The summed E-state index contributed by atoms with van der Waals surface area (Å²) in [7, 11) is 0. The molecule has 0 radical (unpaired) electrons. The lowest BCUT2D eigenvalue weighted by atomic mass is 10.1. The van der Waals surface area contributed by atoms with E-state index in [1.807, 2.05) is 6.08 Å². The third-order valence-corrected chi connectivity index (χ3v) is 1.68. The van der Waals surface area contributed by atoms with Crippen molar-refractivity contribution in [3.63, 3.8) is 0 Å². The number of aryl methyl sites for hydroxylation is 1. The molecule has 2 N–H and O–H groups in total. The van der Waals surface area contributed by atoms with Gasteiger partial charge in [0, 0.05) is 0 Å². The lowest BCUT2D eigenvalue weighted by Crippen LogP contribution is -1.80. The minimum Gasteiger partial charge on any atom is -0.405 e. The Morgan fingerprint density at radius 1 is 1.27 bits per heavy atom. The zero-order chi connectivity index (χ0) is 8.10. The van der Waals surface area contributed by atoms with Gasteiger partial charge < -0.3 is 5.73 Å². The van der Waals surface area contributed by atoms with E-state index in [4.69, 9.17) is 5.73 Å². The molecule has 11 heavy (non-hydrogen) atoms. The molecule has 0 bridgehead atoms. The Morgan fingerprint density at radius 3 is 2.36 bits per heavy atom. The molecule has 0 spiro atoms. The first-order valence-electron chi connectivity index (χ1n) is 3.84. The number of hydrogen-bond acceptors (Lipinski definition) is 1. The predicted octanol–water partition coefficient (Wildman–Crippen LogP) is 2.18. The number of hydrogen-bond donors (Lipinski definition) is 1. The van der Waals surface area contributed by atoms with E-state index < -0.39 is 0 Å². The predicted molar refractivity (Wildman–Crippen MR) is 49.0 cm³/mol. The maximum Gasteiger partial charge on any atom is -0.00564 e. The molecule has 58 valence electrons. The first kappa shape index (κ1) is 7.86. The molecule has 1 rings (SSSR count). The molecule has 0 fully saturated rings. The molecule has 0 heterocycles. The quantitative estimate of drug-likeness (QED) is 0.681. The second kappa shape index (κ2) is 3.81. The molecule has 1 nitrogen and oxygen atoms in total. The van der Waals surface area contributed by atoms with Crippen LogP contribution in [0.4, 0.5) is 0 Å². The van der Waals surface area contributed by atoms with E-state index in [0.29, 0.717) is 0 Å². The molecule has 1 heteroatoms. The van der Waals surface area contributed by atoms with Gasteiger partial charge in [0.25, 0.3) is 0 Å². The summed E-state index contributed by atoms with van der Waals surface area (Å²) >= 11 is 0. The molecule has 0 unspecified atom stereocenters. The van der Waals surface area contributed by atoms with Crippen molar-refractivity contribution >= 4 is 6.08 Å². The van der Waals surface area contributed by atoms with Crippen LogP contribution < -0.4 is 5.73 Å². The van der Waals surface area contributed by atoms with E-state index in [1.165, 1.54) is 5.56 Å². The zero-order valence-corrected chi connectivity index (χ0v) is 6.75. The highest BCUT2D eigenvalue weighted by Crippen LogP contribution is 2.05. The van der Waals surface area contributed by atoms with E-state index in [9.17, 15) is 0 Å². The molecule has 1 aromatic rings. The lowest BCUT2D eigenvalue weighted by Gasteiger charge is -1.95. The second-order valence-corrected chi connectivity index (χ2v) is 2.45. The van der Waals surface area contributed by atoms with Gasteiger partial charge in [-0.2, -0.15) is 0 Å². The minimum absolute atomic E-state index is 1.09. The van der Waals surface area contributed by atoms with Gasteiger partial charge in [-0.15, -0.1) is 0 Å². The summed E-state index contributed by atoms with van der Waals surface area (Å²) < 4.78 is 0. The Hall–Kier alpha value is -1.24. The van der Waals surface area contributed by atoms with Crippen molar-refractivity contribution in [3.8, 4) is 0 Å². The topological polar surface area (TPSA) is 26.0 Å². The van der Waals surface area contributed by atoms with E-state index in [-0.39, 0.29) is 0 Å². The average Bonchev–Trinajstić information content (AvgIpc) is 2.07. The number of benzene rings is 1. The van der Waals surface area contributed by atoms with Crippen LogP contribution in [-0.4, -0.2) is 0 Å². The van der Waals surface area contributed by atoms with Gasteiger partial charge in [0.2, 0.25) is 0 Å². The van der Waals surface area contributed by atoms with Gasteiger partial charge in [0.05, 0.1) is 0 Å². The van der Waals surface area contributed by atoms with Crippen molar-refractivity contribution in [2.45, 2.75) is 13.3 Å². The van der Waals surface area contributed by atoms with E-state index in [2.05, 4.69) is 31.2 Å². The molecule has 0 saturated heterocycles. The monoisotopic (exact) mass is 147 g/mol. The Labute approximate surface area is 67.5 Å². The molecule has 0 amide bonds. The third-order valence-electron chi connectivity index (χ3n) is 1.68. The smallest absolute Gasteiger partial charge is 0.00564 e. The van der Waals surface area contributed by atoms with Gasteiger partial charge in [-0.3, -0.25) is 0 Å². The van der Waals surface area contributed by atoms with Crippen LogP contribution in [0.3, 0.4) is 0 Å². The highest BCUT2D eigenvalue weighted by Gasteiger charge is 1.87. The van der Waals surface area contributed by atoms with E-state index in [0.717, 1.165) is 12.0 Å². The summed E-state index contributed by atoms with van der Waals surface area (Å²) in [6, 6.07) is 8.38. The van der Waals surface area contributed by atoms with Crippen molar-refractivity contribution in [2.75, 3.05) is 0 Å². The lowest BCUT2D eigenvalue weighted by molar-refractivity contribution is 1.14. The summed E-state index contributed by atoms with van der Waals surface area (Å²) in [5.74, 6) is 0. The van der Waals surface area contributed by atoms with E-state index >= 15 is 0 Å². The zero-order valence-electron chi connectivity index (χ0n) is 6.75. The Morgan fingerprint density at radius 2 is 1.91 bits per heavy atom. The molecular formula is C10H13N. The fourth-order valence-corrected chi connectivity index (χ4v) is 0.976. The molecule has 0 atom stereocenters. The molecule has 1 aromatic carbocycles. The van der Waals surface area contributed by atoms with Crippen LogP contribution in [0.2, 0.25) is 0 Å². The summed E-state index contributed by atoms with van der Waals surface area (Å²) in [6.07, 6.45) is 4.53. The summed E-state index contributed by atoms with van der Waals surface area (Å²) in [6.45, 7) is 2.15. The fraction of sp³-hybridized carbons (Fsp3) is 0.200. The SMILES string of the molecule is CCc1ccc(/C=C/N)cc1. The Balaban J connectivity index is 2.82. The molecule has 0 saturated carbocycles. The normalized spacial score (nSPS) is 10.6. The van der Waals surface area contributed by atoms with Crippen molar-refractivity contribution in [3.05, 3.63) is 41.6 Å². The van der Waals surface area contributed by atoms with Crippen LogP contribution in [0, 0.1) is 0 Å². The first-order chi connectivity index (χ1) is 5.36. The van der Waals surface area contributed by atoms with Crippen LogP contribution in [0.25, 0.3) is 6.08 Å². The molecular weight excluding hydrogens is 134 g/mol. The summed E-state index contributed by atoms with van der Waals surface area (Å²) in [5, 5.41) is 0. The molecule has 0 aliphatic heterocycles. The van der Waals surface area contributed by atoms with Gasteiger partial charge in [0.1, 0.15) is 0 Å². The average molecular weight is 147 g/mol. The number of nitrogens with two attached hydrogens (primary N) is 1.